The molecule has 0 amide bonds. The second kappa shape index (κ2) is 5.98. The number of furan rings is 1. The van der Waals surface area contributed by atoms with Crippen LogP contribution < -0.4 is 4.74 Å². The topological polar surface area (TPSA) is 48.7 Å². The van der Waals surface area contributed by atoms with E-state index in [1.54, 1.807) is 13.2 Å². The molecule has 4 heteroatoms. The highest BCUT2D eigenvalue weighted by Crippen LogP contribution is 2.39. The lowest BCUT2D eigenvalue weighted by molar-refractivity contribution is 0.0601. The first-order chi connectivity index (χ1) is 12.2. The predicted octanol–water partition coefficient (Wildman–Crippen LogP) is 5.05. The number of hydrogen-bond donors (Lipinski definition) is 0. The molecule has 0 saturated carbocycles. The Hall–Kier alpha value is -3.27. The number of carbonyl (C=O) groups is 1. The van der Waals surface area contributed by atoms with Gasteiger partial charge >= 0.3 is 5.97 Å². The van der Waals surface area contributed by atoms with Crippen LogP contribution >= 0.6 is 0 Å². The summed E-state index contributed by atoms with van der Waals surface area (Å²) in [6, 6.07) is 19.1. The fourth-order valence-electron chi connectivity index (χ4n) is 3.14. The molecule has 0 aliphatic carbocycles. The highest BCUT2D eigenvalue weighted by molar-refractivity contribution is 6.08. The van der Waals surface area contributed by atoms with Crippen molar-refractivity contribution in [2.75, 3.05) is 14.2 Å². The lowest BCUT2D eigenvalue weighted by atomic mass is 9.97. The quantitative estimate of drug-likeness (QED) is 0.493. The summed E-state index contributed by atoms with van der Waals surface area (Å²) in [5.74, 6) is 0.262. The Balaban J connectivity index is 2.04. The zero-order valence-electron chi connectivity index (χ0n) is 13.9. The van der Waals surface area contributed by atoms with E-state index in [9.17, 15) is 4.79 Å². The number of hydrogen-bond acceptors (Lipinski definition) is 4. The summed E-state index contributed by atoms with van der Waals surface area (Å²) in [6.45, 7) is 0. The van der Waals surface area contributed by atoms with E-state index in [2.05, 4.69) is 0 Å². The smallest absolute Gasteiger partial charge is 0.338 e. The van der Waals surface area contributed by atoms with Crippen LogP contribution in [0.1, 0.15) is 10.4 Å². The maximum atomic E-state index is 12.2. The van der Waals surface area contributed by atoms with Gasteiger partial charge in [-0.15, -0.1) is 0 Å². The number of para-hydroxylation sites is 1. The Morgan fingerprint density at radius 1 is 0.840 bits per heavy atom. The van der Waals surface area contributed by atoms with Crippen LogP contribution in [0.15, 0.2) is 65.1 Å². The SMILES string of the molecule is COC(=O)c1ccccc1-c1cc2c(cc1OC)oc1ccccc12. The number of carbonyl (C=O) groups excluding carboxylic acids is 1. The highest BCUT2D eigenvalue weighted by atomic mass is 16.5. The van der Waals surface area contributed by atoms with E-state index in [4.69, 9.17) is 13.9 Å². The van der Waals surface area contributed by atoms with Gasteiger partial charge in [-0.1, -0.05) is 36.4 Å². The van der Waals surface area contributed by atoms with Crippen LogP contribution in [0.25, 0.3) is 33.1 Å². The number of esters is 1. The van der Waals surface area contributed by atoms with Crippen LogP contribution in [-0.4, -0.2) is 20.2 Å². The summed E-state index contributed by atoms with van der Waals surface area (Å²) < 4.78 is 16.4. The van der Waals surface area contributed by atoms with Gasteiger partial charge in [-0.2, -0.15) is 0 Å². The van der Waals surface area contributed by atoms with E-state index >= 15 is 0 Å². The van der Waals surface area contributed by atoms with Crippen LogP contribution in [0, 0.1) is 0 Å². The minimum Gasteiger partial charge on any atom is -0.496 e. The van der Waals surface area contributed by atoms with Gasteiger partial charge in [0.1, 0.15) is 16.9 Å². The largest absolute Gasteiger partial charge is 0.496 e. The van der Waals surface area contributed by atoms with E-state index in [0.29, 0.717) is 11.3 Å². The highest BCUT2D eigenvalue weighted by Gasteiger charge is 2.18. The van der Waals surface area contributed by atoms with Crippen molar-refractivity contribution < 1.29 is 18.7 Å². The molecule has 1 heterocycles. The number of methoxy groups -OCH3 is 2. The third kappa shape index (κ3) is 2.43. The average Bonchev–Trinajstić information content (AvgIpc) is 3.03. The summed E-state index contributed by atoms with van der Waals surface area (Å²) in [6.07, 6.45) is 0. The summed E-state index contributed by atoms with van der Waals surface area (Å²) in [7, 11) is 2.98. The first-order valence-corrected chi connectivity index (χ1v) is 7.90. The van der Waals surface area contributed by atoms with Gasteiger partial charge in [0, 0.05) is 22.4 Å². The van der Waals surface area contributed by atoms with Gasteiger partial charge in [0.25, 0.3) is 0 Å². The molecule has 0 radical (unpaired) electrons. The van der Waals surface area contributed by atoms with Gasteiger partial charge in [-0.25, -0.2) is 4.79 Å². The molecule has 0 fully saturated rings. The monoisotopic (exact) mass is 332 g/mol. The van der Waals surface area contributed by atoms with Crippen LogP contribution in [0.5, 0.6) is 5.75 Å². The summed E-state index contributed by atoms with van der Waals surface area (Å²) in [5.41, 5.74) is 3.65. The van der Waals surface area contributed by atoms with Crippen LogP contribution in [0.2, 0.25) is 0 Å². The Labute approximate surface area is 144 Å². The third-order valence-corrected chi connectivity index (χ3v) is 4.32. The Kier molecular flexibility index (Phi) is 3.65. The second-order valence-electron chi connectivity index (χ2n) is 5.68. The molecule has 1 aromatic heterocycles. The molecule has 124 valence electrons. The molecular formula is C21H16O4. The van der Waals surface area contributed by atoms with E-state index in [-0.39, 0.29) is 5.97 Å². The normalized spacial score (nSPS) is 11.0. The van der Waals surface area contributed by atoms with Gasteiger partial charge in [-0.3, -0.25) is 0 Å². The molecule has 0 spiro atoms. The van der Waals surface area contributed by atoms with Gasteiger partial charge in [-0.05, 0) is 23.8 Å². The number of ether oxygens (including phenoxy) is 2. The fraction of sp³-hybridized carbons (Fsp3) is 0.0952. The Morgan fingerprint density at radius 2 is 1.60 bits per heavy atom. The molecule has 3 aromatic carbocycles. The Morgan fingerprint density at radius 3 is 2.40 bits per heavy atom. The molecule has 0 bridgehead atoms. The first-order valence-electron chi connectivity index (χ1n) is 7.90. The van der Waals surface area contributed by atoms with Crippen molar-refractivity contribution in [2.45, 2.75) is 0 Å². The van der Waals surface area contributed by atoms with Crippen molar-refractivity contribution in [3.05, 3.63) is 66.2 Å². The average molecular weight is 332 g/mol. The second-order valence-corrected chi connectivity index (χ2v) is 5.68. The molecule has 4 aromatic rings. The summed E-state index contributed by atoms with van der Waals surface area (Å²) in [5, 5.41) is 2.00. The Bertz CT molecular complexity index is 1090. The van der Waals surface area contributed by atoms with Crippen molar-refractivity contribution in [3.8, 4) is 16.9 Å². The number of benzene rings is 3. The van der Waals surface area contributed by atoms with Crippen LogP contribution in [0.3, 0.4) is 0 Å². The lowest BCUT2D eigenvalue weighted by Gasteiger charge is -2.12. The van der Waals surface area contributed by atoms with E-state index in [1.807, 2.05) is 54.6 Å². The minimum atomic E-state index is -0.380. The maximum Gasteiger partial charge on any atom is 0.338 e. The molecular weight excluding hydrogens is 316 g/mol. The summed E-state index contributed by atoms with van der Waals surface area (Å²) in [4.78, 5) is 12.2. The minimum absolute atomic E-state index is 0.380. The van der Waals surface area contributed by atoms with Crippen LogP contribution in [-0.2, 0) is 4.74 Å². The third-order valence-electron chi connectivity index (χ3n) is 4.32. The molecule has 0 unspecified atom stereocenters. The molecule has 25 heavy (non-hydrogen) atoms. The fourth-order valence-corrected chi connectivity index (χ4v) is 3.14. The molecule has 0 aliphatic heterocycles. The molecule has 0 saturated heterocycles. The molecule has 4 nitrogen and oxygen atoms in total. The van der Waals surface area contributed by atoms with Crippen molar-refractivity contribution in [1.82, 2.24) is 0 Å². The zero-order chi connectivity index (χ0) is 17.4. The van der Waals surface area contributed by atoms with Crippen LogP contribution in [0.4, 0.5) is 0 Å². The van der Waals surface area contributed by atoms with E-state index in [0.717, 1.165) is 33.1 Å². The molecule has 4 rings (SSSR count). The first kappa shape index (κ1) is 15.3. The van der Waals surface area contributed by atoms with Crippen molar-refractivity contribution in [3.63, 3.8) is 0 Å². The maximum absolute atomic E-state index is 12.2. The lowest BCUT2D eigenvalue weighted by Crippen LogP contribution is -2.03. The van der Waals surface area contributed by atoms with Crippen molar-refractivity contribution >= 4 is 27.9 Å². The van der Waals surface area contributed by atoms with Gasteiger partial charge in [0.05, 0.1) is 19.8 Å². The van der Waals surface area contributed by atoms with E-state index < -0.39 is 0 Å². The van der Waals surface area contributed by atoms with Gasteiger partial charge < -0.3 is 13.9 Å². The predicted molar refractivity (Wildman–Crippen MR) is 97.0 cm³/mol. The molecule has 0 atom stereocenters. The zero-order valence-corrected chi connectivity index (χ0v) is 13.9. The van der Waals surface area contributed by atoms with Gasteiger partial charge in [0.15, 0.2) is 0 Å². The number of fused-ring (bicyclic) bond motifs is 3. The van der Waals surface area contributed by atoms with E-state index in [1.165, 1.54) is 7.11 Å². The molecule has 0 aliphatic rings. The number of rotatable bonds is 3. The van der Waals surface area contributed by atoms with Crippen molar-refractivity contribution in [1.29, 1.82) is 0 Å². The molecule has 0 N–H and O–H groups in total. The van der Waals surface area contributed by atoms with Crippen molar-refractivity contribution in [2.24, 2.45) is 0 Å². The van der Waals surface area contributed by atoms with Gasteiger partial charge in [0.2, 0.25) is 0 Å². The summed E-state index contributed by atoms with van der Waals surface area (Å²) >= 11 is 0. The standard InChI is InChI=1S/C21H16O4/c1-23-19-12-20-17(14-8-5-6-10-18(14)25-20)11-16(19)13-7-3-4-9-15(13)21(22)24-2/h3-12H,1-2H3.